The predicted octanol–water partition coefficient (Wildman–Crippen LogP) is 8.63. The number of allylic oxidation sites excluding steroid dienone is 2. The number of hydrogen-bond donors (Lipinski definition) is 1. The number of carboxylic acid groups (broad SMARTS) is 1. The number of aliphatic carboxylic acids is 1. The van der Waals surface area contributed by atoms with E-state index < -0.39 is 11.9 Å². The lowest BCUT2D eigenvalue weighted by Crippen LogP contribution is -2.21. The fourth-order valence-electron chi connectivity index (χ4n) is 4.00. The molecule has 0 aromatic heterocycles. The van der Waals surface area contributed by atoms with Gasteiger partial charge in [-0.25, -0.2) is 0 Å². The molecule has 1 unspecified atom stereocenters. The summed E-state index contributed by atoms with van der Waals surface area (Å²) in [6, 6.07) is 0. The number of carboxylic acids is 1. The number of unbranched alkanes of at least 4 members (excludes halogenated alkanes) is 15. The lowest BCUT2D eigenvalue weighted by Gasteiger charge is -2.13. The molecule has 0 aromatic carbocycles. The van der Waals surface area contributed by atoms with E-state index in [0.717, 1.165) is 25.7 Å². The molecule has 1 atom stereocenters. The van der Waals surface area contributed by atoms with Gasteiger partial charge in [-0.1, -0.05) is 109 Å². The fourth-order valence-corrected chi connectivity index (χ4v) is 4.00. The van der Waals surface area contributed by atoms with Crippen LogP contribution in [-0.2, 0) is 14.3 Å². The van der Waals surface area contributed by atoms with Crippen molar-refractivity contribution in [2.75, 3.05) is 6.61 Å². The average molecular weight is 453 g/mol. The van der Waals surface area contributed by atoms with Crippen molar-refractivity contribution in [3.05, 3.63) is 12.2 Å². The quantitative estimate of drug-likeness (QED) is 0.0904. The highest BCUT2D eigenvalue weighted by Crippen LogP contribution is 2.18. The molecule has 0 saturated heterocycles. The number of carbonyl (C=O) groups is 2. The first-order valence-electron chi connectivity index (χ1n) is 13.6. The summed E-state index contributed by atoms with van der Waals surface area (Å²) in [5.74, 6) is -1.76. The summed E-state index contributed by atoms with van der Waals surface area (Å²) in [7, 11) is 0. The van der Waals surface area contributed by atoms with Gasteiger partial charge in [0.1, 0.15) is 0 Å². The zero-order valence-electron chi connectivity index (χ0n) is 21.3. The molecule has 4 heteroatoms. The van der Waals surface area contributed by atoms with Gasteiger partial charge in [0.25, 0.3) is 0 Å². The molecule has 0 fully saturated rings. The Balaban J connectivity index is 3.49. The average Bonchev–Trinajstić information content (AvgIpc) is 2.77. The zero-order chi connectivity index (χ0) is 23.7. The van der Waals surface area contributed by atoms with E-state index in [9.17, 15) is 9.59 Å². The van der Waals surface area contributed by atoms with Gasteiger partial charge in [-0.3, -0.25) is 9.59 Å². The molecule has 32 heavy (non-hydrogen) atoms. The van der Waals surface area contributed by atoms with Crippen molar-refractivity contribution in [3.8, 4) is 0 Å². The van der Waals surface area contributed by atoms with Crippen LogP contribution in [0.25, 0.3) is 0 Å². The second kappa shape index (κ2) is 24.3. The zero-order valence-corrected chi connectivity index (χ0v) is 21.3. The topological polar surface area (TPSA) is 63.6 Å². The van der Waals surface area contributed by atoms with Gasteiger partial charge in [-0.05, 0) is 38.5 Å². The second-order valence-corrected chi connectivity index (χ2v) is 9.25. The Kier molecular flexibility index (Phi) is 23.3. The molecular weight excluding hydrogens is 400 g/mol. The predicted molar refractivity (Wildman–Crippen MR) is 135 cm³/mol. The maximum Gasteiger partial charge on any atom is 0.309 e. The van der Waals surface area contributed by atoms with Crippen molar-refractivity contribution in [2.45, 2.75) is 142 Å². The van der Waals surface area contributed by atoms with E-state index >= 15 is 0 Å². The van der Waals surface area contributed by atoms with Crippen LogP contribution in [0.2, 0.25) is 0 Å². The maximum atomic E-state index is 12.0. The monoisotopic (exact) mass is 452 g/mol. The normalized spacial score (nSPS) is 12.3. The van der Waals surface area contributed by atoms with Gasteiger partial charge in [-0.15, -0.1) is 0 Å². The van der Waals surface area contributed by atoms with E-state index in [0.29, 0.717) is 13.0 Å². The summed E-state index contributed by atoms with van der Waals surface area (Å²) in [6.45, 7) is 4.59. The van der Waals surface area contributed by atoms with Crippen LogP contribution in [0.5, 0.6) is 0 Å². The van der Waals surface area contributed by atoms with Gasteiger partial charge >= 0.3 is 11.9 Å². The minimum Gasteiger partial charge on any atom is -0.481 e. The molecule has 188 valence electrons. The molecule has 0 rings (SSSR count). The summed E-state index contributed by atoms with van der Waals surface area (Å²) >= 11 is 0. The van der Waals surface area contributed by atoms with E-state index in [1.807, 2.05) is 6.92 Å². The van der Waals surface area contributed by atoms with Crippen LogP contribution in [0.3, 0.4) is 0 Å². The number of hydrogen-bond acceptors (Lipinski definition) is 3. The minimum absolute atomic E-state index is 0.117. The van der Waals surface area contributed by atoms with Crippen molar-refractivity contribution in [2.24, 2.45) is 5.92 Å². The molecule has 4 nitrogen and oxygen atoms in total. The van der Waals surface area contributed by atoms with Crippen molar-refractivity contribution in [1.29, 1.82) is 0 Å². The molecule has 0 aliphatic carbocycles. The molecule has 0 aliphatic heterocycles. The molecule has 0 aliphatic rings. The Morgan fingerprint density at radius 2 is 1.16 bits per heavy atom. The van der Waals surface area contributed by atoms with Gasteiger partial charge < -0.3 is 9.84 Å². The summed E-state index contributed by atoms with van der Waals surface area (Å²) in [5, 5.41) is 9.00. The van der Waals surface area contributed by atoms with Crippen molar-refractivity contribution >= 4 is 11.9 Å². The Morgan fingerprint density at radius 1 is 0.688 bits per heavy atom. The van der Waals surface area contributed by atoms with Crippen LogP contribution in [0.15, 0.2) is 12.2 Å². The highest BCUT2D eigenvalue weighted by Gasteiger charge is 2.22. The minimum atomic E-state index is -0.922. The number of ether oxygens (including phenoxy) is 1. The lowest BCUT2D eigenvalue weighted by atomic mass is 9.97. The largest absolute Gasteiger partial charge is 0.481 e. The smallest absolute Gasteiger partial charge is 0.309 e. The first-order chi connectivity index (χ1) is 15.6. The summed E-state index contributed by atoms with van der Waals surface area (Å²) < 4.78 is 5.14. The van der Waals surface area contributed by atoms with Crippen LogP contribution in [0, 0.1) is 5.92 Å². The van der Waals surface area contributed by atoms with Gasteiger partial charge in [-0.2, -0.15) is 0 Å². The van der Waals surface area contributed by atoms with E-state index in [-0.39, 0.29) is 12.4 Å². The first kappa shape index (κ1) is 30.7. The third-order valence-corrected chi connectivity index (χ3v) is 6.02. The lowest BCUT2D eigenvalue weighted by molar-refractivity contribution is -0.153. The number of esters is 1. The summed E-state index contributed by atoms with van der Waals surface area (Å²) in [6.07, 6.45) is 27.8. The highest BCUT2D eigenvalue weighted by atomic mass is 16.5. The molecule has 1 N–H and O–H groups in total. The summed E-state index contributed by atoms with van der Waals surface area (Å²) in [5.41, 5.74) is 0. The Bertz CT molecular complexity index is 458. The fraction of sp³-hybridized carbons (Fsp3) is 0.857. The first-order valence-corrected chi connectivity index (χ1v) is 13.6. The Morgan fingerprint density at radius 3 is 1.62 bits per heavy atom. The van der Waals surface area contributed by atoms with E-state index in [4.69, 9.17) is 9.84 Å². The van der Waals surface area contributed by atoms with Crippen molar-refractivity contribution < 1.29 is 19.4 Å². The maximum absolute atomic E-state index is 12.0. The number of rotatable bonds is 24. The van der Waals surface area contributed by atoms with Crippen molar-refractivity contribution in [1.82, 2.24) is 0 Å². The second-order valence-electron chi connectivity index (χ2n) is 9.25. The van der Waals surface area contributed by atoms with E-state index in [1.54, 1.807) is 0 Å². The Labute approximate surface area is 198 Å². The highest BCUT2D eigenvalue weighted by molar-refractivity contribution is 5.79. The van der Waals surface area contributed by atoms with Gasteiger partial charge in [0.15, 0.2) is 0 Å². The van der Waals surface area contributed by atoms with E-state index in [2.05, 4.69) is 19.1 Å². The SMILES string of the molecule is CCCCCCCCCCC/C=C/CCCCCCCCC(CC(=O)O)C(=O)OCCC. The van der Waals surface area contributed by atoms with Crippen LogP contribution in [-0.4, -0.2) is 23.7 Å². The molecule has 0 bridgehead atoms. The summed E-state index contributed by atoms with van der Waals surface area (Å²) in [4.78, 5) is 22.9. The van der Waals surface area contributed by atoms with Gasteiger partial charge in [0.05, 0.1) is 18.9 Å². The van der Waals surface area contributed by atoms with Gasteiger partial charge in [0, 0.05) is 0 Å². The van der Waals surface area contributed by atoms with Gasteiger partial charge in [0.2, 0.25) is 0 Å². The molecule has 0 amide bonds. The van der Waals surface area contributed by atoms with Crippen LogP contribution >= 0.6 is 0 Å². The third kappa shape index (κ3) is 21.9. The van der Waals surface area contributed by atoms with Crippen LogP contribution < -0.4 is 0 Å². The molecular formula is C28H52O4. The van der Waals surface area contributed by atoms with E-state index in [1.165, 1.54) is 89.9 Å². The third-order valence-electron chi connectivity index (χ3n) is 6.02. The molecule has 0 heterocycles. The Hall–Kier alpha value is -1.32. The molecule has 0 saturated carbocycles. The molecule has 0 spiro atoms. The van der Waals surface area contributed by atoms with Crippen LogP contribution in [0.4, 0.5) is 0 Å². The molecule has 0 radical (unpaired) electrons. The van der Waals surface area contributed by atoms with Crippen molar-refractivity contribution in [3.63, 3.8) is 0 Å². The molecule has 0 aromatic rings. The number of carbonyl (C=O) groups excluding carboxylic acids is 1. The standard InChI is InChI=1S/C28H52O4/c1-3-5-6-7-8-9-10-11-12-13-14-15-16-17-18-19-20-21-22-23-26(25-27(29)30)28(31)32-24-4-2/h14-15,26H,3-13,16-25H2,1-2H3,(H,29,30)/b15-14+. The van der Waals surface area contributed by atoms with Crippen LogP contribution in [0.1, 0.15) is 142 Å².